The number of anilines is 1. The van der Waals surface area contributed by atoms with Crippen molar-refractivity contribution in [2.75, 3.05) is 32.0 Å². The first-order valence-electron chi connectivity index (χ1n) is 6.16. The number of carbonyl (C=O) groups is 1. The Kier molecular flexibility index (Phi) is 4.50. The summed E-state index contributed by atoms with van der Waals surface area (Å²) < 4.78 is 10.8. The number of halogens is 1. The van der Waals surface area contributed by atoms with Crippen LogP contribution in [0.1, 0.15) is 6.92 Å². The zero-order chi connectivity index (χ0) is 13.8. The van der Waals surface area contributed by atoms with Gasteiger partial charge in [0.1, 0.15) is 5.75 Å². The van der Waals surface area contributed by atoms with E-state index in [1.165, 1.54) is 0 Å². The molecule has 1 aromatic carbocycles. The van der Waals surface area contributed by atoms with E-state index in [0.717, 1.165) is 0 Å². The molecule has 0 aliphatic carbocycles. The van der Waals surface area contributed by atoms with Gasteiger partial charge in [-0.25, -0.2) is 0 Å². The summed E-state index contributed by atoms with van der Waals surface area (Å²) in [5.74, 6) is 0.490. The van der Waals surface area contributed by atoms with E-state index in [1.807, 2.05) is 0 Å². The van der Waals surface area contributed by atoms with Crippen LogP contribution in [-0.2, 0) is 9.53 Å². The number of carbonyl (C=O) groups excluding carboxylic acids is 1. The molecule has 104 valence electrons. The molecule has 1 saturated heterocycles. The summed E-state index contributed by atoms with van der Waals surface area (Å²) >= 11 is 5.91. The first-order chi connectivity index (χ1) is 9.08. The Balaban J connectivity index is 1.97. The Morgan fingerprint density at radius 2 is 2.16 bits per heavy atom. The lowest BCUT2D eigenvalue weighted by molar-refractivity contribution is -0.142. The molecule has 1 aromatic rings. The fourth-order valence-corrected chi connectivity index (χ4v) is 2.05. The molecular weight excluding hydrogens is 268 g/mol. The minimum atomic E-state index is -0.558. The van der Waals surface area contributed by atoms with Crippen molar-refractivity contribution >= 4 is 23.2 Å². The average molecular weight is 285 g/mol. The number of morpholine rings is 1. The van der Waals surface area contributed by atoms with Gasteiger partial charge in [-0.1, -0.05) is 11.6 Å². The molecule has 2 N–H and O–H groups in total. The number of hydrogen-bond acceptors (Lipinski definition) is 4. The first-order valence-corrected chi connectivity index (χ1v) is 6.54. The molecule has 0 saturated carbocycles. The van der Waals surface area contributed by atoms with Crippen molar-refractivity contribution < 1.29 is 14.3 Å². The Morgan fingerprint density at radius 3 is 2.79 bits per heavy atom. The van der Waals surface area contributed by atoms with E-state index in [1.54, 1.807) is 30.0 Å². The lowest BCUT2D eigenvalue weighted by Crippen LogP contribution is -2.46. The monoisotopic (exact) mass is 284 g/mol. The lowest BCUT2D eigenvalue weighted by Gasteiger charge is -2.29. The number of rotatable bonds is 3. The van der Waals surface area contributed by atoms with E-state index >= 15 is 0 Å². The van der Waals surface area contributed by atoms with Gasteiger partial charge in [0.15, 0.2) is 6.10 Å². The SMILES string of the molecule is CC(Oc1ccc(N)c(Cl)c1)C(=O)N1CCOCC1. The van der Waals surface area contributed by atoms with Crippen LogP contribution in [0.5, 0.6) is 5.75 Å². The standard InChI is InChI=1S/C13H17ClN2O3/c1-9(13(17)16-4-6-18-7-5-16)19-10-2-3-12(15)11(14)8-10/h2-3,8-9H,4-7,15H2,1H3. The summed E-state index contributed by atoms with van der Waals surface area (Å²) in [5, 5.41) is 0.420. The van der Waals surface area contributed by atoms with Crippen molar-refractivity contribution in [1.29, 1.82) is 0 Å². The smallest absolute Gasteiger partial charge is 0.263 e. The number of nitrogens with zero attached hydrogens (tertiary/aromatic N) is 1. The molecule has 1 atom stereocenters. The molecule has 2 rings (SSSR count). The van der Waals surface area contributed by atoms with E-state index in [9.17, 15) is 4.79 Å². The van der Waals surface area contributed by atoms with E-state index in [0.29, 0.717) is 42.8 Å². The summed E-state index contributed by atoms with van der Waals surface area (Å²) in [4.78, 5) is 13.9. The molecule has 1 aliphatic rings. The van der Waals surface area contributed by atoms with Crippen LogP contribution in [0.25, 0.3) is 0 Å². The van der Waals surface area contributed by atoms with Gasteiger partial charge in [0.2, 0.25) is 0 Å². The minimum Gasteiger partial charge on any atom is -0.481 e. The molecule has 1 heterocycles. The molecule has 1 unspecified atom stereocenters. The van der Waals surface area contributed by atoms with E-state index in [4.69, 9.17) is 26.8 Å². The second-order valence-corrected chi connectivity index (χ2v) is 4.79. The van der Waals surface area contributed by atoms with Gasteiger partial charge in [0, 0.05) is 19.2 Å². The summed E-state index contributed by atoms with van der Waals surface area (Å²) in [6.07, 6.45) is -0.558. The molecule has 0 bridgehead atoms. The summed E-state index contributed by atoms with van der Waals surface area (Å²) in [5.41, 5.74) is 6.11. The molecule has 0 spiro atoms. The Labute approximate surface area is 117 Å². The molecule has 0 radical (unpaired) electrons. The van der Waals surface area contributed by atoms with Gasteiger partial charge >= 0.3 is 0 Å². The number of nitrogens with two attached hydrogens (primary N) is 1. The molecule has 19 heavy (non-hydrogen) atoms. The van der Waals surface area contributed by atoms with Gasteiger partial charge in [-0.3, -0.25) is 4.79 Å². The topological polar surface area (TPSA) is 64.8 Å². The highest BCUT2D eigenvalue weighted by molar-refractivity contribution is 6.33. The van der Waals surface area contributed by atoms with Gasteiger partial charge in [-0.2, -0.15) is 0 Å². The summed E-state index contributed by atoms with van der Waals surface area (Å²) in [6, 6.07) is 4.97. The zero-order valence-corrected chi connectivity index (χ0v) is 11.5. The zero-order valence-electron chi connectivity index (χ0n) is 10.8. The van der Waals surface area contributed by atoms with Crippen LogP contribution in [0.2, 0.25) is 5.02 Å². The van der Waals surface area contributed by atoms with Crippen molar-refractivity contribution in [3.05, 3.63) is 23.2 Å². The van der Waals surface area contributed by atoms with Crippen molar-refractivity contribution in [2.24, 2.45) is 0 Å². The van der Waals surface area contributed by atoms with Crippen LogP contribution in [0.4, 0.5) is 5.69 Å². The molecule has 0 aromatic heterocycles. The van der Waals surface area contributed by atoms with Crippen LogP contribution in [0.3, 0.4) is 0 Å². The lowest BCUT2D eigenvalue weighted by atomic mass is 10.3. The average Bonchev–Trinajstić information content (AvgIpc) is 2.43. The first kappa shape index (κ1) is 14.0. The molecule has 6 heteroatoms. The fourth-order valence-electron chi connectivity index (χ4n) is 1.88. The third-order valence-electron chi connectivity index (χ3n) is 2.96. The van der Waals surface area contributed by atoms with Gasteiger partial charge in [0.05, 0.1) is 23.9 Å². The molecule has 1 amide bonds. The molecular formula is C13H17ClN2O3. The van der Waals surface area contributed by atoms with Crippen molar-refractivity contribution in [2.45, 2.75) is 13.0 Å². The highest BCUT2D eigenvalue weighted by atomic mass is 35.5. The van der Waals surface area contributed by atoms with Crippen LogP contribution in [-0.4, -0.2) is 43.2 Å². The minimum absolute atomic E-state index is 0.0451. The fraction of sp³-hybridized carbons (Fsp3) is 0.462. The number of ether oxygens (including phenoxy) is 2. The van der Waals surface area contributed by atoms with Crippen LogP contribution < -0.4 is 10.5 Å². The van der Waals surface area contributed by atoms with Crippen molar-refractivity contribution in [3.63, 3.8) is 0 Å². The molecule has 1 aliphatic heterocycles. The molecule has 1 fully saturated rings. The number of hydrogen-bond donors (Lipinski definition) is 1. The highest BCUT2D eigenvalue weighted by Gasteiger charge is 2.23. The Bertz CT molecular complexity index is 461. The largest absolute Gasteiger partial charge is 0.481 e. The maximum Gasteiger partial charge on any atom is 0.263 e. The van der Waals surface area contributed by atoms with E-state index < -0.39 is 6.10 Å². The quantitative estimate of drug-likeness (QED) is 0.855. The van der Waals surface area contributed by atoms with Crippen molar-refractivity contribution in [3.8, 4) is 5.75 Å². The normalized spacial score (nSPS) is 17.1. The third-order valence-corrected chi connectivity index (χ3v) is 3.28. The van der Waals surface area contributed by atoms with Crippen LogP contribution >= 0.6 is 11.6 Å². The Morgan fingerprint density at radius 1 is 1.47 bits per heavy atom. The van der Waals surface area contributed by atoms with E-state index in [-0.39, 0.29) is 5.91 Å². The summed E-state index contributed by atoms with van der Waals surface area (Å²) in [6.45, 7) is 4.09. The summed E-state index contributed by atoms with van der Waals surface area (Å²) in [7, 11) is 0. The van der Waals surface area contributed by atoms with Gasteiger partial charge < -0.3 is 20.1 Å². The second-order valence-electron chi connectivity index (χ2n) is 4.38. The van der Waals surface area contributed by atoms with Crippen molar-refractivity contribution in [1.82, 2.24) is 4.90 Å². The predicted molar refractivity (Wildman–Crippen MR) is 73.4 cm³/mol. The van der Waals surface area contributed by atoms with Gasteiger partial charge in [0.25, 0.3) is 5.91 Å². The number of amides is 1. The third kappa shape index (κ3) is 3.52. The molecule has 5 nitrogen and oxygen atoms in total. The number of nitrogen functional groups attached to an aromatic ring is 1. The Hall–Kier alpha value is -1.46. The van der Waals surface area contributed by atoms with Crippen LogP contribution in [0, 0.1) is 0 Å². The van der Waals surface area contributed by atoms with Gasteiger partial charge in [-0.05, 0) is 19.1 Å². The van der Waals surface area contributed by atoms with E-state index in [2.05, 4.69) is 0 Å². The van der Waals surface area contributed by atoms with Crippen LogP contribution in [0.15, 0.2) is 18.2 Å². The number of benzene rings is 1. The highest BCUT2D eigenvalue weighted by Crippen LogP contribution is 2.25. The predicted octanol–water partition coefficient (Wildman–Crippen LogP) is 1.55. The maximum atomic E-state index is 12.1. The second kappa shape index (κ2) is 6.12. The van der Waals surface area contributed by atoms with Gasteiger partial charge in [-0.15, -0.1) is 0 Å². The maximum absolute atomic E-state index is 12.1.